The molecule has 0 spiro atoms. The van der Waals surface area contributed by atoms with Crippen LogP contribution in [0, 0.1) is 5.92 Å². The van der Waals surface area contributed by atoms with Crippen LogP contribution in [0.1, 0.15) is 40.5 Å². The number of aliphatic imine (C=N–C) groups is 1. The van der Waals surface area contributed by atoms with Gasteiger partial charge in [0.05, 0.1) is 5.60 Å². The molecular formula is C15H31N3OS. The van der Waals surface area contributed by atoms with Gasteiger partial charge in [-0.15, -0.1) is 0 Å². The predicted octanol–water partition coefficient (Wildman–Crippen LogP) is 2.19. The maximum Gasteiger partial charge on any atom is 0.193 e. The molecule has 1 fully saturated rings. The van der Waals surface area contributed by atoms with Crippen LogP contribution in [0.25, 0.3) is 0 Å². The Balaban J connectivity index is 2.58. The number of aliphatic hydroxyl groups is 1. The fourth-order valence-electron chi connectivity index (χ4n) is 2.35. The Labute approximate surface area is 128 Å². The third-order valence-electron chi connectivity index (χ3n) is 4.24. The summed E-state index contributed by atoms with van der Waals surface area (Å²) in [6.45, 7) is 11.3. The Morgan fingerprint density at radius 2 is 2.10 bits per heavy atom. The molecule has 4 nitrogen and oxygen atoms in total. The van der Waals surface area contributed by atoms with E-state index in [4.69, 9.17) is 0 Å². The molecule has 1 rings (SSSR count). The number of guanidine groups is 1. The summed E-state index contributed by atoms with van der Waals surface area (Å²) in [6.07, 6.45) is 1.52. The molecular weight excluding hydrogens is 270 g/mol. The van der Waals surface area contributed by atoms with Gasteiger partial charge in [-0.25, -0.2) is 0 Å². The molecule has 0 aliphatic carbocycles. The minimum Gasteiger partial charge on any atom is -0.388 e. The van der Waals surface area contributed by atoms with Crippen LogP contribution in [0.2, 0.25) is 0 Å². The highest BCUT2D eigenvalue weighted by molar-refractivity contribution is 8.00. The number of hydrogen-bond acceptors (Lipinski definition) is 3. The van der Waals surface area contributed by atoms with Crippen molar-refractivity contribution in [1.82, 2.24) is 10.2 Å². The topological polar surface area (TPSA) is 47.9 Å². The number of nitrogens with zero attached hydrogens (tertiary/aromatic N) is 2. The zero-order valence-corrected chi connectivity index (χ0v) is 14.5. The average Bonchev–Trinajstić information content (AvgIpc) is 2.48. The molecule has 20 heavy (non-hydrogen) atoms. The van der Waals surface area contributed by atoms with Crippen molar-refractivity contribution >= 4 is 17.7 Å². The summed E-state index contributed by atoms with van der Waals surface area (Å²) in [5.41, 5.74) is -0.627. The van der Waals surface area contributed by atoms with Crippen LogP contribution in [-0.2, 0) is 0 Å². The first-order valence-electron chi connectivity index (χ1n) is 7.75. The second-order valence-electron chi connectivity index (χ2n) is 5.93. The van der Waals surface area contributed by atoms with Gasteiger partial charge in [0.15, 0.2) is 5.96 Å². The molecule has 118 valence electrons. The van der Waals surface area contributed by atoms with Gasteiger partial charge in [-0.1, -0.05) is 27.7 Å². The van der Waals surface area contributed by atoms with Crippen molar-refractivity contribution in [2.75, 3.05) is 32.4 Å². The van der Waals surface area contributed by atoms with E-state index in [0.717, 1.165) is 37.6 Å². The van der Waals surface area contributed by atoms with E-state index in [-0.39, 0.29) is 0 Å². The number of thioether (sulfide) groups is 1. The second-order valence-corrected chi connectivity index (χ2v) is 7.28. The molecule has 0 amide bonds. The maximum atomic E-state index is 10.4. The highest BCUT2D eigenvalue weighted by atomic mass is 32.2. The van der Waals surface area contributed by atoms with Crippen LogP contribution in [-0.4, -0.2) is 59.3 Å². The van der Waals surface area contributed by atoms with E-state index in [0.29, 0.717) is 17.7 Å². The largest absolute Gasteiger partial charge is 0.388 e. The van der Waals surface area contributed by atoms with Gasteiger partial charge >= 0.3 is 0 Å². The van der Waals surface area contributed by atoms with Gasteiger partial charge in [0.2, 0.25) is 0 Å². The highest BCUT2D eigenvalue weighted by Crippen LogP contribution is 2.25. The number of hydrogen-bond donors (Lipinski definition) is 2. The Kier molecular flexibility index (Phi) is 7.17. The number of nitrogens with one attached hydrogen (secondary N) is 1. The molecule has 0 bridgehead atoms. The summed E-state index contributed by atoms with van der Waals surface area (Å²) < 4.78 is 0. The smallest absolute Gasteiger partial charge is 0.193 e. The lowest BCUT2D eigenvalue weighted by molar-refractivity contribution is 0.0362. The van der Waals surface area contributed by atoms with E-state index in [9.17, 15) is 5.11 Å². The van der Waals surface area contributed by atoms with Crippen LogP contribution < -0.4 is 5.32 Å². The molecule has 1 unspecified atom stereocenters. The molecule has 0 aromatic heterocycles. The lowest BCUT2D eigenvalue weighted by Crippen LogP contribution is -2.52. The van der Waals surface area contributed by atoms with Gasteiger partial charge < -0.3 is 15.3 Å². The lowest BCUT2D eigenvalue weighted by Gasteiger charge is -2.37. The Morgan fingerprint density at radius 1 is 1.45 bits per heavy atom. The minimum atomic E-state index is -0.627. The van der Waals surface area contributed by atoms with E-state index in [1.165, 1.54) is 0 Å². The van der Waals surface area contributed by atoms with Crippen LogP contribution >= 0.6 is 11.8 Å². The van der Waals surface area contributed by atoms with Crippen LogP contribution in [0.15, 0.2) is 4.99 Å². The monoisotopic (exact) mass is 301 g/mol. The SMILES string of the molecule is CCC(O)(CC)CNC(=NC)N1CCSC(C(C)C)C1. The van der Waals surface area contributed by atoms with Crippen molar-refractivity contribution in [2.45, 2.75) is 51.4 Å². The van der Waals surface area contributed by atoms with Crippen LogP contribution in [0.3, 0.4) is 0 Å². The summed E-state index contributed by atoms with van der Waals surface area (Å²) in [5, 5.41) is 14.4. The first kappa shape index (κ1) is 17.6. The molecule has 1 aliphatic heterocycles. The summed E-state index contributed by atoms with van der Waals surface area (Å²) in [5.74, 6) is 2.76. The lowest BCUT2D eigenvalue weighted by atomic mass is 9.98. The fraction of sp³-hybridized carbons (Fsp3) is 0.933. The fourth-order valence-corrected chi connectivity index (χ4v) is 3.65. The van der Waals surface area contributed by atoms with Crippen molar-refractivity contribution in [3.63, 3.8) is 0 Å². The Hall–Kier alpha value is -0.420. The van der Waals surface area contributed by atoms with E-state index >= 15 is 0 Å². The summed E-state index contributed by atoms with van der Waals surface area (Å²) >= 11 is 2.06. The second kappa shape index (κ2) is 8.13. The molecule has 5 heteroatoms. The van der Waals surface area contributed by atoms with E-state index in [2.05, 4.69) is 40.8 Å². The first-order valence-corrected chi connectivity index (χ1v) is 8.80. The number of rotatable bonds is 5. The zero-order valence-electron chi connectivity index (χ0n) is 13.6. The van der Waals surface area contributed by atoms with Gasteiger partial charge in [0, 0.05) is 37.7 Å². The first-order chi connectivity index (χ1) is 9.45. The van der Waals surface area contributed by atoms with E-state index < -0.39 is 5.60 Å². The highest BCUT2D eigenvalue weighted by Gasteiger charge is 2.27. The molecule has 0 radical (unpaired) electrons. The van der Waals surface area contributed by atoms with Gasteiger partial charge in [-0.3, -0.25) is 4.99 Å². The van der Waals surface area contributed by atoms with Crippen molar-refractivity contribution in [3.05, 3.63) is 0 Å². The summed E-state index contributed by atoms with van der Waals surface area (Å²) in [6, 6.07) is 0. The van der Waals surface area contributed by atoms with Crippen molar-refractivity contribution in [1.29, 1.82) is 0 Å². The van der Waals surface area contributed by atoms with Crippen LogP contribution in [0.4, 0.5) is 0 Å². The summed E-state index contributed by atoms with van der Waals surface area (Å²) in [7, 11) is 1.82. The Morgan fingerprint density at radius 3 is 2.60 bits per heavy atom. The third-order valence-corrected chi connectivity index (χ3v) is 5.78. The van der Waals surface area contributed by atoms with Crippen molar-refractivity contribution in [2.24, 2.45) is 10.9 Å². The molecule has 0 aromatic carbocycles. The zero-order chi connectivity index (χ0) is 15.2. The minimum absolute atomic E-state index is 0.572. The maximum absolute atomic E-state index is 10.4. The van der Waals surface area contributed by atoms with E-state index in [1.807, 2.05) is 20.9 Å². The van der Waals surface area contributed by atoms with Gasteiger partial charge in [0.1, 0.15) is 0 Å². The van der Waals surface area contributed by atoms with Gasteiger partial charge in [-0.2, -0.15) is 11.8 Å². The van der Waals surface area contributed by atoms with Gasteiger partial charge in [0.25, 0.3) is 0 Å². The molecule has 0 saturated carbocycles. The summed E-state index contributed by atoms with van der Waals surface area (Å²) in [4.78, 5) is 6.71. The van der Waals surface area contributed by atoms with Crippen molar-refractivity contribution < 1.29 is 5.11 Å². The Bertz CT molecular complexity index is 316. The van der Waals surface area contributed by atoms with Crippen molar-refractivity contribution in [3.8, 4) is 0 Å². The molecule has 1 aliphatic rings. The molecule has 0 aromatic rings. The third kappa shape index (κ3) is 4.85. The average molecular weight is 302 g/mol. The molecule has 1 atom stereocenters. The normalized spacial score (nSPS) is 21.4. The standard InChI is InChI=1S/C15H31N3OS/c1-6-15(19,7-2)11-17-14(16-5)18-8-9-20-13(10-18)12(3)4/h12-13,19H,6-11H2,1-5H3,(H,16,17). The molecule has 2 N–H and O–H groups in total. The molecule has 1 saturated heterocycles. The van der Waals surface area contributed by atoms with Gasteiger partial charge in [-0.05, 0) is 18.8 Å². The predicted molar refractivity (Wildman–Crippen MR) is 89.6 cm³/mol. The molecule has 1 heterocycles. The van der Waals surface area contributed by atoms with Crippen LogP contribution in [0.5, 0.6) is 0 Å². The quantitative estimate of drug-likeness (QED) is 0.604. The van der Waals surface area contributed by atoms with E-state index in [1.54, 1.807) is 0 Å².